The van der Waals surface area contributed by atoms with Gasteiger partial charge in [0.15, 0.2) is 22.3 Å². The molecule has 1 spiro atoms. The number of hydrogen-bond acceptors (Lipinski definition) is 20. The van der Waals surface area contributed by atoms with Gasteiger partial charge in [0.2, 0.25) is 11.8 Å². The van der Waals surface area contributed by atoms with Gasteiger partial charge in [-0.05, 0) is 106 Å². The monoisotopic (exact) mass is 1190 g/mol. The quantitative estimate of drug-likeness (QED) is 0.0662. The van der Waals surface area contributed by atoms with Crippen molar-refractivity contribution < 1.29 is 50.9 Å². The third kappa shape index (κ3) is 11.3. The minimum Gasteiger partial charge on any atom is -0.493 e. The summed E-state index contributed by atoms with van der Waals surface area (Å²) in [5.74, 6) is 1.06. The molecular formula is C60H71FN12O11S. The van der Waals surface area contributed by atoms with Crippen LogP contribution in [-0.2, 0) is 26.0 Å². The van der Waals surface area contributed by atoms with E-state index in [-0.39, 0.29) is 83.3 Å². The number of H-pyrrole nitrogens is 1. The normalized spacial score (nSPS) is 21.4. The van der Waals surface area contributed by atoms with E-state index in [9.17, 15) is 23.3 Å². The van der Waals surface area contributed by atoms with E-state index < -0.39 is 37.4 Å². The largest absolute Gasteiger partial charge is 0.493 e. The van der Waals surface area contributed by atoms with Gasteiger partial charge < -0.3 is 53.4 Å². The summed E-state index contributed by atoms with van der Waals surface area (Å²) in [6, 6.07) is 18.5. The first-order valence-electron chi connectivity index (χ1n) is 29.5. The zero-order chi connectivity index (χ0) is 58.6. The molecule has 6 aliphatic heterocycles. The van der Waals surface area contributed by atoms with Gasteiger partial charge in [-0.1, -0.05) is 18.2 Å². The second kappa shape index (κ2) is 23.4. The van der Waals surface area contributed by atoms with Crippen LogP contribution in [0.15, 0.2) is 78.1 Å². The number of nitro groups is 1. The molecule has 85 heavy (non-hydrogen) atoms. The first-order chi connectivity index (χ1) is 41.2. The minimum atomic E-state index is -4.85. The first kappa shape index (κ1) is 56.5. The molecule has 4 saturated heterocycles. The van der Waals surface area contributed by atoms with Gasteiger partial charge >= 0.3 is 5.69 Å². The van der Waals surface area contributed by atoms with Gasteiger partial charge in [-0.15, -0.1) is 0 Å². The number of pyridine rings is 3. The molecule has 0 radical (unpaired) electrons. The van der Waals surface area contributed by atoms with Crippen molar-refractivity contribution in [3.05, 3.63) is 106 Å². The molecule has 6 aromatic rings. The summed E-state index contributed by atoms with van der Waals surface area (Å²) in [5.41, 5.74) is 3.62. The molecule has 1 amide bonds. The maximum atomic E-state index is 15.2. The molecule has 0 unspecified atom stereocenters. The number of halogens is 1. The van der Waals surface area contributed by atoms with Crippen molar-refractivity contribution in [3.63, 3.8) is 0 Å². The number of aromatic amines is 1. The molecule has 23 nitrogen and oxygen atoms in total. The van der Waals surface area contributed by atoms with Crippen LogP contribution in [0.1, 0.15) is 79.9 Å². The Balaban J connectivity index is 0.735. The Kier molecular flexibility index (Phi) is 15.5. The van der Waals surface area contributed by atoms with Crippen molar-refractivity contribution in [2.75, 3.05) is 119 Å². The van der Waals surface area contributed by atoms with Gasteiger partial charge in [-0.3, -0.25) is 24.7 Å². The summed E-state index contributed by atoms with van der Waals surface area (Å²) >= 11 is 0. The lowest BCUT2D eigenvalue weighted by Crippen LogP contribution is -2.59. The lowest BCUT2D eigenvalue weighted by atomic mass is 9.59. The standard InChI is InChI=1S/C60H71FN12O11S/c1-37(2)84-51-7-5-4-6-42(51)50-35-68(34-38-26-52(79-3)56(63-32-38)70-18-23-81-24-19-70)16-17-71(50)41-30-60(31-41)12-14-69(15-13-60)40-8-9-43(47(27-40)72-20-25-82-58-49(72)28-44-45(61)33-62-55(44)66-58)57(74)67-85(77,78)53-29-48(73(75)76)54-59(65-53)83-36-46(64-54)39-10-21-80-22-11-39/h4-9,26-29,32-33,37,39,41,46,50,64H,10-25,30-31,34-36H2,1-3H3,(H,62,66)(H,67,74)/t46-,50-/m0/s1. The fraction of sp³-hybridized carbons (Fsp3) is 0.500. The number of morpholine rings is 1. The van der Waals surface area contributed by atoms with Crippen LogP contribution in [0.3, 0.4) is 0 Å². The number of aromatic nitrogens is 4. The molecular weight excluding hydrogens is 1120 g/mol. The van der Waals surface area contributed by atoms with Gasteiger partial charge in [-0.2, -0.15) is 18.4 Å². The molecule has 7 aliphatic rings. The molecule has 13 rings (SSSR count). The fourth-order valence-electron chi connectivity index (χ4n) is 13.7. The SMILES string of the molecule is COc1cc(CN2CCN(C3CC4(CCN(c5ccc(C(=O)NS(=O)(=O)c6cc([N+](=O)[O-])c7c(n6)OC[C@@H](C6CCOCC6)N7)c(N6CCOc7nc8[nH]cc(F)c8cc76)c5)CC4)C3)[C@H](c3ccccc3OC(C)C)C2)cnc1N1CCOCC1. The van der Waals surface area contributed by atoms with E-state index in [1.165, 1.54) is 11.8 Å². The summed E-state index contributed by atoms with van der Waals surface area (Å²) in [4.78, 5) is 54.5. The number of piperazine rings is 1. The van der Waals surface area contributed by atoms with Crippen molar-refractivity contribution >= 4 is 61.2 Å². The summed E-state index contributed by atoms with van der Waals surface area (Å²) < 4.78 is 81.2. The number of piperidine rings is 1. The maximum absolute atomic E-state index is 15.2. The Morgan fingerprint density at radius 1 is 0.894 bits per heavy atom. The summed E-state index contributed by atoms with van der Waals surface area (Å²) in [6.45, 7) is 13.4. The molecule has 2 aromatic carbocycles. The zero-order valence-electron chi connectivity index (χ0n) is 48.0. The number of ether oxygens (including phenoxy) is 6. The van der Waals surface area contributed by atoms with Crippen LogP contribution in [0.25, 0.3) is 11.0 Å². The summed E-state index contributed by atoms with van der Waals surface area (Å²) in [7, 11) is -3.14. The first-order valence-corrected chi connectivity index (χ1v) is 31.0. The number of carbonyl (C=O) groups excluding carboxylic acids is 1. The highest BCUT2D eigenvalue weighted by Crippen LogP contribution is 2.54. The molecule has 1 saturated carbocycles. The van der Waals surface area contributed by atoms with E-state index >= 15 is 4.39 Å². The number of sulfonamides is 1. The molecule has 3 N–H and O–H groups in total. The molecule has 1 aliphatic carbocycles. The molecule has 4 aromatic heterocycles. The molecule has 450 valence electrons. The Hall–Kier alpha value is -7.58. The van der Waals surface area contributed by atoms with E-state index in [2.05, 4.69) is 82.7 Å². The average Bonchev–Trinajstić information content (AvgIpc) is 2.63. The highest BCUT2D eigenvalue weighted by atomic mass is 32.2. The van der Waals surface area contributed by atoms with E-state index in [0.29, 0.717) is 43.8 Å². The maximum Gasteiger partial charge on any atom is 0.300 e. The van der Waals surface area contributed by atoms with Gasteiger partial charge in [0.1, 0.15) is 36.1 Å². The molecule has 2 atom stereocenters. The number of hydrogen-bond donors (Lipinski definition) is 3. The lowest BCUT2D eigenvalue weighted by molar-refractivity contribution is -0.384. The molecule has 0 bridgehead atoms. The van der Waals surface area contributed by atoms with E-state index in [1.807, 2.05) is 24.4 Å². The van der Waals surface area contributed by atoms with Crippen LogP contribution in [0.4, 0.5) is 38.6 Å². The Bertz CT molecular complexity index is 3600. The Morgan fingerprint density at radius 3 is 2.46 bits per heavy atom. The van der Waals surface area contributed by atoms with Crippen LogP contribution in [-0.4, -0.2) is 166 Å². The predicted molar refractivity (Wildman–Crippen MR) is 315 cm³/mol. The number of anilines is 5. The van der Waals surface area contributed by atoms with Crippen molar-refractivity contribution in [2.24, 2.45) is 11.3 Å². The fourth-order valence-corrected chi connectivity index (χ4v) is 14.6. The second-order valence-electron chi connectivity index (χ2n) is 23.6. The van der Waals surface area contributed by atoms with Crippen LogP contribution in [0.5, 0.6) is 23.3 Å². The van der Waals surface area contributed by atoms with E-state index in [4.69, 9.17) is 33.4 Å². The van der Waals surface area contributed by atoms with Gasteiger partial charge in [0.05, 0.1) is 72.7 Å². The van der Waals surface area contributed by atoms with Crippen molar-refractivity contribution in [3.8, 4) is 23.3 Å². The number of rotatable bonds is 15. The van der Waals surface area contributed by atoms with Crippen LogP contribution in [0.2, 0.25) is 0 Å². The van der Waals surface area contributed by atoms with Crippen molar-refractivity contribution in [1.82, 2.24) is 34.5 Å². The van der Waals surface area contributed by atoms with Crippen LogP contribution < -0.4 is 43.7 Å². The number of carbonyl (C=O) groups is 1. The highest BCUT2D eigenvalue weighted by molar-refractivity contribution is 7.90. The Labute approximate surface area is 492 Å². The number of nitrogens with one attached hydrogen (secondary N) is 3. The number of benzene rings is 2. The molecule has 5 fully saturated rings. The van der Waals surface area contributed by atoms with Crippen LogP contribution in [0, 0.1) is 27.3 Å². The zero-order valence-corrected chi connectivity index (χ0v) is 48.8. The number of amides is 1. The predicted octanol–water partition coefficient (Wildman–Crippen LogP) is 7.59. The second-order valence-corrected chi connectivity index (χ2v) is 25.3. The third-order valence-corrected chi connectivity index (χ3v) is 19.3. The van der Waals surface area contributed by atoms with Crippen molar-refractivity contribution in [1.29, 1.82) is 0 Å². The minimum absolute atomic E-state index is 0.0125. The van der Waals surface area contributed by atoms with Gasteiger partial charge in [0, 0.05) is 95.3 Å². The smallest absolute Gasteiger partial charge is 0.300 e. The topological polar surface area (TPSA) is 244 Å². The number of methoxy groups -OCH3 is 1. The van der Waals surface area contributed by atoms with E-state index in [0.717, 1.165) is 126 Å². The number of fused-ring (bicyclic) bond motifs is 3. The van der Waals surface area contributed by atoms with Gasteiger partial charge in [-0.25, -0.2) is 14.1 Å². The summed E-state index contributed by atoms with van der Waals surface area (Å²) in [5, 5.41) is 15.1. The molecule has 25 heteroatoms. The number of para-hydroxylation sites is 1. The summed E-state index contributed by atoms with van der Waals surface area (Å²) in [6.07, 6.45) is 8.65. The molecule has 10 heterocycles. The lowest BCUT2D eigenvalue weighted by Gasteiger charge is -2.58. The average molecular weight is 1190 g/mol. The Morgan fingerprint density at radius 2 is 1.68 bits per heavy atom. The third-order valence-electron chi connectivity index (χ3n) is 18.1. The van der Waals surface area contributed by atoms with Crippen molar-refractivity contribution in [2.45, 2.75) is 88.2 Å². The van der Waals surface area contributed by atoms with Crippen LogP contribution >= 0.6 is 0 Å². The van der Waals surface area contributed by atoms with Gasteiger partial charge in [0.25, 0.3) is 15.9 Å². The number of nitrogens with zero attached hydrogens (tertiary/aromatic N) is 9. The van der Waals surface area contributed by atoms with E-state index in [1.54, 1.807) is 24.1 Å². The highest BCUT2D eigenvalue weighted by Gasteiger charge is 2.50.